The van der Waals surface area contributed by atoms with Gasteiger partial charge in [0.05, 0.1) is 0 Å². The number of halogens is 2. The van der Waals surface area contributed by atoms with E-state index in [9.17, 15) is 4.79 Å². The second-order valence-corrected chi connectivity index (χ2v) is 10.8. The van der Waals surface area contributed by atoms with Gasteiger partial charge in [-0.05, 0) is 77.9 Å². The molecule has 0 bridgehead atoms. The van der Waals surface area contributed by atoms with Gasteiger partial charge in [0.1, 0.15) is 5.78 Å². The van der Waals surface area contributed by atoms with Crippen LogP contribution < -0.4 is 0 Å². The van der Waals surface area contributed by atoms with E-state index in [2.05, 4.69) is 32.7 Å². The number of hydrogen-bond acceptors (Lipinski definition) is 4. The van der Waals surface area contributed by atoms with Crippen LogP contribution in [0.2, 0.25) is 10.0 Å². The lowest BCUT2D eigenvalue weighted by Crippen LogP contribution is -2.39. The van der Waals surface area contributed by atoms with Crippen molar-refractivity contribution in [2.45, 2.75) is 45.1 Å². The van der Waals surface area contributed by atoms with Gasteiger partial charge in [-0.1, -0.05) is 36.2 Å². The number of nitrogens with zero attached hydrogens (tertiary/aromatic N) is 2. The molecule has 0 spiro atoms. The van der Waals surface area contributed by atoms with Gasteiger partial charge >= 0.3 is 0 Å². The van der Waals surface area contributed by atoms with E-state index in [-0.39, 0.29) is 0 Å². The summed E-state index contributed by atoms with van der Waals surface area (Å²) in [6.45, 7) is 8.39. The lowest BCUT2D eigenvalue weighted by Gasteiger charge is -2.34. The predicted molar refractivity (Wildman–Crippen MR) is 131 cm³/mol. The fraction of sp³-hybridized carbons (Fsp3) is 0.560. The second-order valence-electron chi connectivity index (χ2n) is 9.19. The Balaban J connectivity index is 1.38. The van der Waals surface area contributed by atoms with Crippen LogP contribution in [0.1, 0.15) is 49.7 Å². The van der Waals surface area contributed by atoms with Gasteiger partial charge in [0, 0.05) is 55.0 Å². The summed E-state index contributed by atoms with van der Waals surface area (Å²) >= 11 is 14.3. The molecule has 3 nitrogen and oxygen atoms in total. The number of rotatable bonds is 8. The zero-order valence-electron chi connectivity index (χ0n) is 18.2. The molecule has 31 heavy (non-hydrogen) atoms. The summed E-state index contributed by atoms with van der Waals surface area (Å²) in [7, 11) is 0. The third-order valence-electron chi connectivity index (χ3n) is 7.01. The number of thiophene rings is 1. The topological polar surface area (TPSA) is 23.6 Å². The normalized spacial score (nSPS) is 23.5. The minimum atomic E-state index is 0.420. The van der Waals surface area contributed by atoms with Crippen LogP contribution in [0.3, 0.4) is 0 Å². The van der Waals surface area contributed by atoms with Crippen molar-refractivity contribution in [1.29, 1.82) is 0 Å². The van der Waals surface area contributed by atoms with E-state index in [4.69, 9.17) is 23.2 Å². The van der Waals surface area contributed by atoms with Crippen LogP contribution in [0.5, 0.6) is 0 Å². The average Bonchev–Trinajstić information content (AvgIpc) is 3.41. The number of hydrogen-bond donors (Lipinski definition) is 0. The van der Waals surface area contributed by atoms with Gasteiger partial charge < -0.3 is 4.90 Å². The fourth-order valence-electron chi connectivity index (χ4n) is 5.20. The van der Waals surface area contributed by atoms with E-state index in [1.807, 2.05) is 19.1 Å². The van der Waals surface area contributed by atoms with Gasteiger partial charge in [-0.3, -0.25) is 9.69 Å². The predicted octanol–water partition coefficient (Wildman–Crippen LogP) is 6.35. The van der Waals surface area contributed by atoms with E-state index in [0.717, 1.165) is 69.1 Å². The molecule has 0 N–H and O–H groups in total. The van der Waals surface area contributed by atoms with Gasteiger partial charge in [0.25, 0.3) is 0 Å². The summed E-state index contributed by atoms with van der Waals surface area (Å²) in [4.78, 5) is 17.0. The van der Waals surface area contributed by atoms with Gasteiger partial charge in [-0.15, -0.1) is 0 Å². The van der Waals surface area contributed by atoms with E-state index in [1.165, 1.54) is 5.56 Å². The van der Waals surface area contributed by atoms with Gasteiger partial charge in [-0.2, -0.15) is 11.3 Å². The molecule has 4 rings (SSSR count). The molecule has 2 fully saturated rings. The van der Waals surface area contributed by atoms with Crippen molar-refractivity contribution >= 4 is 40.3 Å². The third-order valence-corrected chi connectivity index (χ3v) is 8.30. The third kappa shape index (κ3) is 6.11. The Labute approximate surface area is 200 Å². The Morgan fingerprint density at radius 3 is 2.61 bits per heavy atom. The molecule has 168 valence electrons. The minimum absolute atomic E-state index is 0.420. The summed E-state index contributed by atoms with van der Waals surface area (Å²) in [6.07, 6.45) is 3.77. The van der Waals surface area contributed by atoms with Crippen LogP contribution in [0, 0.1) is 11.8 Å². The molecule has 6 heteroatoms. The van der Waals surface area contributed by atoms with Crippen molar-refractivity contribution in [3.63, 3.8) is 0 Å². The van der Waals surface area contributed by atoms with Gasteiger partial charge in [0.15, 0.2) is 0 Å². The monoisotopic (exact) mass is 478 g/mol. The molecular formula is C25H32Cl2N2OS. The molecular weight excluding hydrogens is 447 g/mol. The van der Waals surface area contributed by atoms with Crippen molar-refractivity contribution in [2.75, 3.05) is 32.7 Å². The number of Topliss-reactive ketones (excluding diaryl/α,β-unsaturated/α-hetero) is 1. The smallest absolute Gasteiger partial charge is 0.132 e. The Morgan fingerprint density at radius 2 is 1.94 bits per heavy atom. The highest BCUT2D eigenvalue weighted by Gasteiger charge is 2.36. The first kappa shape index (κ1) is 23.3. The average molecular weight is 480 g/mol. The standard InChI is InChI=1S/C25H32Cl2N2OS/c1-2-23(30)11-18-5-8-28(9-6-18)14-21-15-29(16-24(21)20-7-10-31-17-20)13-19-3-4-22(26)12-25(19)27/h3-4,7,10,12,17-18,21,24H,2,5-6,8-9,11,13-16H2,1H3/t21?,24-/m1/s1. The summed E-state index contributed by atoms with van der Waals surface area (Å²) < 4.78 is 0. The second kappa shape index (κ2) is 10.8. The summed E-state index contributed by atoms with van der Waals surface area (Å²) in [5.74, 6) is 2.19. The van der Waals surface area contributed by atoms with Crippen molar-refractivity contribution in [1.82, 2.24) is 9.80 Å². The highest BCUT2D eigenvalue weighted by atomic mass is 35.5. The van der Waals surface area contributed by atoms with Crippen LogP contribution in [-0.4, -0.2) is 48.3 Å². The first-order valence-electron chi connectivity index (χ1n) is 11.4. The maximum Gasteiger partial charge on any atom is 0.132 e. The Hall–Kier alpha value is -0.910. The van der Waals surface area contributed by atoms with Crippen LogP contribution in [0.15, 0.2) is 35.0 Å². The number of carbonyl (C=O) groups excluding carboxylic acids is 1. The van der Waals surface area contributed by atoms with Crippen molar-refractivity contribution in [3.8, 4) is 0 Å². The molecule has 2 atom stereocenters. The highest BCUT2D eigenvalue weighted by molar-refractivity contribution is 7.08. The van der Waals surface area contributed by atoms with Crippen molar-refractivity contribution in [2.24, 2.45) is 11.8 Å². The number of carbonyl (C=O) groups is 1. The SMILES string of the molecule is CCC(=O)CC1CCN(CC2CN(Cc3ccc(Cl)cc3Cl)C[C@@H]2c2ccsc2)CC1. The largest absolute Gasteiger partial charge is 0.303 e. The number of piperidine rings is 1. The molecule has 0 radical (unpaired) electrons. The Bertz CT molecular complexity index is 864. The van der Waals surface area contributed by atoms with Crippen molar-refractivity contribution in [3.05, 3.63) is 56.2 Å². The van der Waals surface area contributed by atoms with E-state index in [1.54, 1.807) is 11.3 Å². The van der Waals surface area contributed by atoms with E-state index < -0.39 is 0 Å². The molecule has 1 unspecified atom stereocenters. The Morgan fingerprint density at radius 1 is 1.13 bits per heavy atom. The molecule has 2 aliphatic heterocycles. The lowest BCUT2D eigenvalue weighted by atomic mass is 9.88. The molecule has 0 saturated carbocycles. The van der Waals surface area contributed by atoms with Crippen LogP contribution in [0.4, 0.5) is 0 Å². The molecule has 0 aliphatic carbocycles. The number of benzene rings is 1. The minimum Gasteiger partial charge on any atom is -0.303 e. The molecule has 1 aromatic carbocycles. The van der Waals surface area contributed by atoms with Crippen molar-refractivity contribution < 1.29 is 4.79 Å². The van der Waals surface area contributed by atoms with E-state index in [0.29, 0.717) is 35.0 Å². The number of ketones is 1. The summed E-state index contributed by atoms with van der Waals surface area (Å²) in [6, 6.07) is 8.12. The number of likely N-dealkylation sites (tertiary alicyclic amines) is 2. The molecule has 2 aliphatic rings. The molecule has 0 amide bonds. The maximum absolute atomic E-state index is 11.8. The molecule has 3 heterocycles. The zero-order chi connectivity index (χ0) is 21.8. The quantitative estimate of drug-likeness (QED) is 0.441. The first-order valence-corrected chi connectivity index (χ1v) is 13.1. The van der Waals surface area contributed by atoms with Crippen LogP contribution in [-0.2, 0) is 11.3 Å². The maximum atomic E-state index is 11.8. The highest BCUT2D eigenvalue weighted by Crippen LogP contribution is 2.36. The molecule has 1 aromatic heterocycles. The first-order chi connectivity index (χ1) is 15.0. The summed E-state index contributed by atoms with van der Waals surface area (Å²) in [5.41, 5.74) is 2.63. The van der Waals surface area contributed by atoms with Gasteiger partial charge in [0.2, 0.25) is 0 Å². The fourth-order valence-corrected chi connectivity index (χ4v) is 6.39. The van der Waals surface area contributed by atoms with Crippen LogP contribution in [0.25, 0.3) is 0 Å². The zero-order valence-corrected chi connectivity index (χ0v) is 20.6. The molecule has 2 saturated heterocycles. The van der Waals surface area contributed by atoms with Crippen LogP contribution >= 0.6 is 34.5 Å². The molecule has 2 aromatic rings. The van der Waals surface area contributed by atoms with Gasteiger partial charge in [-0.25, -0.2) is 0 Å². The summed E-state index contributed by atoms with van der Waals surface area (Å²) in [5, 5.41) is 5.96. The Kier molecular flexibility index (Phi) is 8.11. The lowest BCUT2D eigenvalue weighted by molar-refractivity contribution is -0.120. The van der Waals surface area contributed by atoms with E-state index >= 15 is 0 Å².